The summed E-state index contributed by atoms with van der Waals surface area (Å²) in [5.41, 5.74) is 1.19. The van der Waals surface area contributed by atoms with Gasteiger partial charge in [0.1, 0.15) is 18.0 Å². The van der Waals surface area contributed by atoms with Crippen LogP contribution in [0.25, 0.3) is 0 Å². The Morgan fingerprint density at radius 3 is 2.76 bits per heavy atom. The van der Waals surface area contributed by atoms with E-state index in [0.29, 0.717) is 11.6 Å². The molecular formula is C12H14N4O. The number of aryl methyl sites for hydroxylation is 1. The van der Waals surface area contributed by atoms with E-state index in [2.05, 4.69) is 9.97 Å². The van der Waals surface area contributed by atoms with Gasteiger partial charge in [0, 0.05) is 24.7 Å². The Morgan fingerprint density at radius 2 is 2.18 bits per heavy atom. The second-order valence-electron chi connectivity index (χ2n) is 4.27. The predicted molar refractivity (Wildman–Crippen MR) is 62.5 cm³/mol. The topological polar surface area (TPSA) is 69.9 Å². The Hall–Kier alpha value is -1.96. The van der Waals surface area contributed by atoms with Crippen molar-refractivity contribution in [3.05, 3.63) is 17.5 Å². The Kier molecular flexibility index (Phi) is 3.33. The van der Waals surface area contributed by atoms with Gasteiger partial charge in [0.15, 0.2) is 0 Å². The molecule has 0 atom stereocenters. The monoisotopic (exact) mass is 230 g/mol. The lowest BCUT2D eigenvalue weighted by Gasteiger charge is -2.29. The zero-order chi connectivity index (χ0) is 12.3. The molecule has 0 saturated carbocycles. The molecule has 2 heterocycles. The fourth-order valence-corrected chi connectivity index (χ4v) is 1.99. The molecule has 1 fully saturated rings. The van der Waals surface area contributed by atoms with Crippen molar-refractivity contribution in [2.75, 3.05) is 18.0 Å². The molecule has 0 bridgehead atoms. The quantitative estimate of drug-likeness (QED) is 0.711. The number of piperidine rings is 1. The smallest absolute Gasteiger partial charge is 0.226 e. The average Bonchev–Trinajstić information content (AvgIpc) is 2.38. The lowest BCUT2D eigenvalue weighted by atomic mass is 9.99. The highest BCUT2D eigenvalue weighted by Crippen LogP contribution is 2.19. The third kappa shape index (κ3) is 2.59. The zero-order valence-corrected chi connectivity index (χ0v) is 9.76. The lowest BCUT2D eigenvalue weighted by Crippen LogP contribution is -2.35. The van der Waals surface area contributed by atoms with Crippen LogP contribution < -0.4 is 4.90 Å². The van der Waals surface area contributed by atoms with E-state index in [1.165, 1.54) is 0 Å². The summed E-state index contributed by atoms with van der Waals surface area (Å²) in [5.74, 6) is 0.761. The molecule has 0 aromatic carbocycles. The molecule has 17 heavy (non-hydrogen) atoms. The van der Waals surface area contributed by atoms with Crippen molar-refractivity contribution in [1.29, 1.82) is 5.26 Å². The number of hydrogen-bond acceptors (Lipinski definition) is 5. The number of aromatic nitrogens is 2. The van der Waals surface area contributed by atoms with Crippen LogP contribution in [0.1, 0.15) is 24.2 Å². The highest BCUT2D eigenvalue weighted by Gasteiger charge is 2.20. The molecule has 0 radical (unpaired) electrons. The summed E-state index contributed by atoms with van der Waals surface area (Å²) in [6.07, 6.45) is 2.69. The van der Waals surface area contributed by atoms with Gasteiger partial charge in [-0.1, -0.05) is 0 Å². The Morgan fingerprint density at radius 1 is 1.47 bits per heavy atom. The van der Waals surface area contributed by atoms with Gasteiger partial charge in [0.25, 0.3) is 0 Å². The Labute approximate surface area is 100 Å². The minimum atomic E-state index is 0.159. The maximum absolute atomic E-state index is 10.7. The van der Waals surface area contributed by atoms with E-state index in [1.807, 2.05) is 17.9 Å². The third-order valence-electron chi connectivity index (χ3n) is 2.97. The Balaban J connectivity index is 2.16. The minimum absolute atomic E-state index is 0.159. The van der Waals surface area contributed by atoms with E-state index in [0.717, 1.165) is 37.9 Å². The van der Waals surface area contributed by atoms with Crippen molar-refractivity contribution in [3.63, 3.8) is 0 Å². The van der Waals surface area contributed by atoms with E-state index in [9.17, 15) is 4.79 Å². The largest absolute Gasteiger partial charge is 0.341 e. The van der Waals surface area contributed by atoms with Gasteiger partial charge < -0.3 is 9.69 Å². The van der Waals surface area contributed by atoms with Gasteiger partial charge in [0.05, 0.1) is 0 Å². The summed E-state index contributed by atoms with van der Waals surface area (Å²) < 4.78 is 0. The Bertz CT molecular complexity index is 458. The first-order valence-corrected chi connectivity index (χ1v) is 5.69. The standard InChI is InChI=1S/C12H14N4O/c1-9-6-11(7-13)15-12(14-9)16-4-2-10(8-17)3-5-16/h6,8,10H,2-5H2,1H3. The van der Waals surface area contributed by atoms with E-state index in [4.69, 9.17) is 5.26 Å². The molecule has 5 nitrogen and oxygen atoms in total. The van der Waals surface area contributed by atoms with E-state index in [-0.39, 0.29) is 5.92 Å². The normalized spacial score (nSPS) is 16.6. The van der Waals surface area contributed by atoms with Crippen molar-refractivity contribution in [2.45, 2.75) is 19.8 Å². The molecule has 5 heteroatoms. The lowest BCUT2D eigenvalue weighted by molar-refractivity contribution is -0.111. The zero-order valence-electron chi connectivity index (χ0n) is 9.76. The maximum atomic E-state index is 10.7. The molecular weight excluding hydrogens is 216 g/mol. The molecule has 88 valence electrons. The summed E-state index contributed by atoms with van der Waals surface area (Å²) >= 11 is 0. The van der Waals surface area contributed by atoms with Gasteiger partial charge in [-0.25, -0.2) is 9.97 Å². The van der Waals surface area contributed by atoms with Crippen LogP contribution in [0.3, 0.4) is 0 Å². The van der Waals surface area contributed by atoms with E-state index >= 15 is 0 Å². The summed E-state index contributed by atoms with van der Waals surface area (Å²) in [4.78, 5) is 21.2. The van der Waals surface area contributed by atoms with Gasteiger partial charge in [-0.3, -0.25) is 0 Å². The van der Waals surface area contributed by atoms with Crippen LogP contribution in [-0.2, 0) is 4.79 Å². The van der Waals surface area contributed by atoms with E-state index < -0.39 is 0 Å². The van der Waals surface area contributed by atoms with Gasteiger partial charge in [-0.05, 0) is 25.8 Å². The molecule has 1 aliphatic rings. The molecule has 0 aliphatic carbocycles. The fourth-order valence-electron chi connectivity index (χ4n) is 1.99. The van der Waals surface area contributed by atoms with E-state index in [1.54, 1.807) is 6.07 Å². The van der Waals surface area contributed by atoms with Crippen LogP contribution in [-0.4, -0.2) is 29.3 Å². The second-order valence-corrected chi connectivity index (χ2v) is 4.27. The molecule has 1 aromatic rings. The summed E-state index contributed by atoms with van der Waals surface area (Å²) in [6, 6.07) is 3.70. The number of carbonyl (C=O) groups excluding carboxylic acids is 1. The van der Waals surface area contributed by atoms with Gasteiger partial charge in [-0.2, -0.15) is 5.26 Å². The van der Waals surface area contributed by atoms with Crippen molar-refractivity contribution in [2.24, 2.45) is 5.92 Å². The first kappa shape index (κ1) is 11.5. The van der Waals surface area contributed by atoms with Gasteiger partial charge in [-0.15, -0.1) is 0 Å². The second kappa shape index (κ2) is 4.91. The van der Waals surface area contributed by atoms with Crippen LogP contribution in [0.4, 0.5) is 5.95 Å². The van der Waals surface area contributed by atoms with Crippen LogP contribution in [0, 0.1) is 24.2 Å². The van der Waals surface area contributed by atoms with Crippen molar-refractivity contribution in [1.82, 2.24) is 9.97 Å². The van der Waals surface area contributed by atoms with Crippen LogP contribution >= 0.6 is 0 Å². The van der Waals surface area contributed by atoms with Crippen LogP contribution in [0.15, 0.2) is 6.07 Å². The first-order valence-electron chi connectivity index (χ1n) is 5.69. The molecule has 0 unspecified atom stereocenters. The highest BCUT2D eigenvalue weighted by atomic mass is 16.1. The highest BCUT2D eigenvalue weighted by molar-refractivity contribution is 5.54. The average molecular weight is 230 g/mol. The minimum Gasteiger partial charge on any atom is -0.341 e. The number of carbonyl (C=O) groups is 1. The fraction of sp³-hybridized carbons (Fsp3) is 0.500. The van der Waals surface area contributed by atoms with Gasteiger partial charge >= 0.3 is 0 Å². The number of anilines is 1. The van der Waals surface area contributed by atoms with Crippen molar-refractivity contribution in [3.8, 4) is 6.07 Å². The SMILES string of the molecule is Cc1cc(C#N)nc(N2CCC(C=O)CC2)n1. The number of hydrogen-bond donors (Lipinski definition) is 0. The van der Waals surface area contributed by atoms with Crippen LogP contribution in [0.5, 0.6) is 0 Å². The molecule has 1 saturated heterocycles. The van der Waals surface area contributed by atoms with Crippen LogP contribution in [0.2, 0.25) is 0 Å². The summed E-state index contributed by atoms with van der Waals surface area (Å²) in [7, 11) is 0. The van der Waals surface area contributed by atoms with Gasteiger partial charge in [0.2, 0.25) is 5.95 Å². The van der Waals surface area contributed by atoms with Crippen molar-refractivity contribution >= 4 is 12.2 Å². The molecule has 2 rings (SSSR count). The molecule has 1 aliphatic heterocycles. The third-order valence-corrected chi connectivity index (χ3v) is 2.97. The predicted octanol–water partition coefficient (Wildman–Crippen LogP) is 1.07. The summed E-state index contributed by atoms with van der Waals surface area (Å²) in [6.45, 7) is 3.40. The maximum Gasteiger partial charge on any atom is 0.226 e. The molecule has 0 N–H and O–H groups in total. The first-order chi connectivity index (χ1) is 8.22. The number of aldehydes is 1. The summed E-state index contributed by atoms with van der Waals surface area (Å²) in [5, 5.41) is 8.86. The molecule has 0 amide bonds. The van der Waals surface area contributed by atoms with Crippen molar-refractivity contribution < 1.29 is 4.79 Å². The number of nitriles is 1. The molecule has 1 aromatic heterocycles. The number of rotatable bonds is 2. The number of nitrogens with zero attached hydrogens (tertiary/aromatic N) is 4. The molecule has 0 spiro atoms.